The summed E-state index contributed by atoms with van der Waals surface area (Å²) < 4.78 is 0. The fourth-order valence-corrected chi connectivity index (χ4v) is 5.15. The normalized spacial score (nSPS) is 11.4. The van der Waals surface area contributed by atoms with Crippen molar-refractivity contribution in [2.24, 2.45) is 0 Å². The molecule has 0 heteroatoms. The van der Waals surface area contributed by atoms with E-state index in [1.807, 2.05) is 0 Å². The number of hydrogen-bond donors (Lipinski definition) is 0. The Kier molecular flexibility index (Phi) is 4.33. The summed E-state index contributed by atoms with van der Waals surface area (Å²) in [4.78, 5) is 0. The molecule has 0 unspecified atom stereocenters. The molecule has 6 aromatic rings. The monoisotopic (exact) mass is 408 g/mol. The molecule has 0 atom stereocenters. The van der Waals surface area contributed by atoms with Crippen LogP contribution < -0.4 is 0 Å². The fourth-order valence-electron chi connectivity index (χ4n) is 5.15. The number of rotatable bonds is 2. The molecule has 0 aliphatic carbocycles. The van der Waals surface area contributed by atoms with Crippen molar-refractivity contribution in [2.75, 3.05) is 0 Å². The highest BCUT2D eigenvalue weighted by atomic mass is 14.2. The van der Waals surface area contributed by atoms with E-state index >= 15 is 0 Å². The van der Waals surface area contributed by atoms with Gasteiger partial charge in [-0.1, -0.05) is 97.1 Å². The van der Waals surface area contributed by atoms with Gasteiger partial charge in [0.25, 0.3) is 0 Å². The Hall–Kier alpha value is -3.90. The zero-order valence-electron chi connectivity index (χ0n) is 18.4. The molecule has 0 amide bonds. The highest BCUT2D eigenvalue weighted by molar-refractivity contribution is 6.23. The summed E-state index contributed by atoms with van der Waals surface area (Å²) in [6, 6.07) is 39.9. The average Bonchev–Trinajstić information content (AvgIpc) is 2.83. The molecule has 6 aromatic carbocycles. The standard InChI is InChI=1S/C32H24/c1-21-11-3-7-15-25(21)31-27-17-9-10-18-28(27)32(26-16-8-4-12-22(26)2)30-20-24-14-6-5-13-23(24)19-29(30)31/h3-20H,1-2H3. The molecule has 32 heavy (non-hydrogen) atoms. The predicted octanol–water partition coefficient (Wildman–Crippen LogP) is 9.10. The molecule has 152 valence electrons. The van der Waals surface area contributed by atoms with Crippen LogP contribution in [-0.2, 0) is 0 Å². The lowest BCUT2D eigenvalue weighted by Crippen LogP contribution is -1.93. The van der Waals surface area contributed by atoms with E-state index in [4.69, 9.17) is 0 Å². The highest BCUT2D eigenvalue weighted by Gasteiger charge is 2.18. The van der Waals surface area contributed by atoms with E-state index in [0.29, 0.717) is 0 Å². The van der Waals surface area contributed by atoms with Crippen LogP contribution in [0.3, 0.4) is 0 Å². The molecular formula is C32H24. The summed E-state index contributed by atoms with van der Waals surface area (Å²) in [5.41, 5.74) is 7.88. The van der Waals surface area contributed by atoms with Crippen molar-refractivity contribution in [3.63, 3.8) is 0 Å². The number of aryl methyl sites for hydroxylation is 2. The van der Waals surface area contributed by atoms with Crippen molar-refractivity contribution in [3.05, 3.63) is 120 Å². The van der Waals surface area contributed by atoms with Crippen LogP contribution in [0.2, 0.25) is 0 Å². The summed E-state index contributed by atoms with van der Waals surface area (Å²) in [5, 5.41) is 7.80. The maximum atomic E-state index is 2.39. The summed E-state index contributed by atoms with van der Waals surface area (Å²) >= 11 is 0. The zero-order valence-corrected chi connectivity index (χ0v) is 18.4. The molecule has 0 saturated heterocycles. The lowest BCUT2D eigenvalue weighted by atomic mass is 9.83. The Morgan fingerprint density at radius 1 is 0.375 bits per heavy atom. The van der Waals surface area contributed by atoms with Crippen LogP contribution in [0.15, 0.2) is 109 Å². The molecule has 0 saturated carbocycles. The second-order valence-electron chi connectivity index (χ2n) is 8.67. The van der Waals surface area contributed by atoms with Gasteiger partial charge < -0.3 is 0 Å². The van der Waals surface area contributed by atoms with Crippen LogP contribution in [0.5, 0.6) is 0 Å². The quantitative estimate of drug-likeness (QED) is 0.251. The maximum absolute atomic E-state index is 2.39. The molecule has 0 aromatic heterocycles. The van der Waals surface area contributed by atoms with Gasteiger partial charge in [-0.15, -0.1) is 0 Å². The summed E-state index contributed by atoms with van der Waals surface area (Å²) in [6.07, 6.45) is 0. The van der Waals surface area contributed by atoms with Crippen molar-refractivity contribution >= 4 is 32.3 Å². The Balaban J connectivity index is 1.91. The van der Waals surface area contributed by atoms with Crippen molar-refractivity contribution in [2.45, 2.75) is 13.8 Å². The highest BCUT2D eigenvalue weighted by Crippen LogP contribution is 2.46. The topological polar surface area (TPSA) is 0 Å². The molecule has 0 aliphatic rings. The maximum Gasteiger partial charge on any atom is -0.00235 e. The van der Waals surface area contributed by atoms with Gasteiger partial charge in [0.2, 0.25) is 0 Å². The van der Waals surface area contributed by atoms with Gasteiger partial charge in [-0.05, 0) is 91.7 Å². The van der Waals surface area contributed by atoms with Gasteiger partial charge >= 0.3 is 0 Å². The Labute approximate surface area is 188 Å². The van der Waals surface area contributed by atoms with Gasteiger partial charge in [0.1, 0.15) is 0 Å². The van der Waals surface area contributed by atoms with E-state index in [1.165, 1.54) is 65.7 Å². The van der Waals surface area contributed by atoms with Crippen LogP contribution in [-0.4, -0.2) is 0 Å². The van der Waals surface area contributed by atoms with E-state index in [-0.39, 0.29) is 0 Å². The van der Waals surface area contributed by atoms with Crippen LogP contribution in [0.1, 0.15) is 11.1 Å². The first kappa shape index (κ1) is 18.8. The van der Waals surface area contributed by atoms with Crippen molar-refractivity contribution in [1.29, 1.82) is 0 Å². The van der Waals surface area contributed by atoms with Crippen LogP contribution in [0, 0.1) is 13.8 Å². The minimum atomic E-state index is 1.28. The lowest BCUT2D eigenvalue weighted by molar-refractivity contribution is 1.47. The second kappa shape index (κ2) is 7.35. The molecule has 0 radical (unpaired) electrons. The van der Waals surface area contributed by atoms with Gasteiger partial charge in [-0.25, -0.2) is 0 Å². The Morgan fingerprint density at radius 3 is 1.19 bits per heavy atom. The van der Waals surface area contributed by atoms with Gasteiger partial charge in [0, 0.05) is 0 Å². The molecule has 0 heterocycles. The average molecular weight is 409 g/mol. The predicted molar refractivity (Wildman–Crippen MR) is 139 cm³/mol. The van der Waals surface area contributed by atoms with Crippen molar-refractivity contribution in [1.82, 2.24) is 0 Å². The Bertz CT molecular complexity index is 1510. The molecule has 0 nitrogen and oxygen atoms in total. The van der Waals surface area contributed by atoms with E-state index in [1.54, 1.807) is 0 Å². The molecule has 0 bridgehead atoms. The van der Waals surface area contributed by atoms with Crippen LogP contribution >= 0.6 is 0 Å². The van der Waals surface area contributed by atoms with E-state index < -0.39 is 0 Å². The van der Waals surface area contributed by atoms with E-state index in [0.717, 1.165) is 0 Å². The molecule has 0 aliphatic heterocycles. The van der Waals surface area contributed by atoms with Crippen LogP contribution in [0.25, 0.3) is 54.6 Å². The first-order valence-electron chi connectivity index (χ1n) is 11.2. The molecular weight excluding hydrogens is 384 g/mol. The molecule has 0 fully saturated rings. The number of hydrogen-bond acceptors (Lipinski definition) is 0. The third-order valence-corrected chi connectivity index (χ3v) is 6.72. The van der Waals surface area contributed by atoms with Gasteiger partial charge in [-0.2, -0.15) is 0 Å². The minimum Gasteiger partial charge on any atom is -0.0620 e. The third kappa shape index (κ3) is 2.84. The molecule has 0 N–H and O–H groups in total. The second-order valence-corrected chi connectivity index (χ2v) is 8.67. The number of benzene rings is 6. The molecule has 0 spiro atoms. The SMILES string of the molecule is Cc1ccccc1-c1c2ccccc2c(-c2ccccc2C)c2cc3ccccc3cc12. The number of fused-ring (bicyclic) bond motifs is 3. The van der Waals surface area contributed by atoms with Gasteiger partial charge in [0.05, 0.1) is 0 Å². The van der Waals surface area contributed by atoms with Crippen LogP contribution in [0.4, 0.5) is 0 Å². The Morgan fingerprint density at radius 2 is 0.750 bits per heavy atom. The van der Waals surface area contributed by atoms with Gasteiger partial charge in [0.15, 0.2) is 0 Å². The summed E-state index contributed by atoms with van der Waals surface area (Å²) in [7, 11) is 0. The third-order valence-electron chi connectivity index (χ3n) is 6.72. The molecule has 6 rings (SSSR count). The smallest absolute Gasteiger partial charge is 0.00235 e. The van der Waals surface area contributed by atoms with E-state index in [2.05, 4.69) is 123 Å². The fraction of sp³-hybridized carbons (Fsp3) is 0.0625. The van der Waals surface area contributed by atoms with Crippen molar-refractivity contribution < 1.29 is 0 Å². The van der Waals surface area contributed by atoms with Crippen molar-refractivity contribution in [3.8, 4) is 22.3 Å². The first-order chi connectivity index (χ1) is 15.7. The largest absolute Gasteiger partial charge is 0.0620 e. The first-order valence-corrected chi connectivity index (χ1v) is 11.2. The van der Waals surface area contributed by atoms with Gasteiger partial charge in [-0.3, -0.25) is 0 Å². The summed E-state index contributed by atoms with van der Waals surface area (Å²) in [6.45, 7) is 4.43. The van der Waals surface area contributed by atoms with E-state index in [9.17, 15) is 0 Å². The summed E-state index contributed by atoms with van der Waals surface area (Å²) in [5.74, 6) is 0. The minimum absolute atomic E-state index is 1.28. The lowest BCUT2D eigenvalue weighted by Gasteiger charge is -2.20. The zero-order chi connectivity index (χ0) is 21.7.